The number of alkyl halides is 3. The Hall–Kier alpha value is -2.71. The van der Waals surface area contributed by atoms with Gasteiger partial charge in [-0.1, -0.05) is 71.2 Å². The Bertz CT molecular complexity index is 1130. The fraction of sp³-hybridized carbons (Fsp3) is 0.130. The molecule has 3 aromatic rings. The van der Waals surface area contributed by atoms with Gasteiger partial charge in [0.15, 0.2) is 5.11 Å². The first-order valence-electron chi connectivity index (χ1n) is 9.80. The zero-order chi connectivity index (χ0) is 23.8. The van der Waals surface area contributed by atoms with E-state index in [1.165, 1.54) is 0 Å². The second-order valence-electron chi connectivity index (χ2n) is 6.94. The molecule has 10 heteroatoms. The zero-order valence-corrected chi connectivity index (χ0v) is 20.5. The summed E-state index contributed by atoms with van der Waals surface area (Å²) in [5.74, 6) is -0.396. The standard InChI is InChI=1S/C23H20Cl3N5OS/c1-15-7-5-6-10-19(15)20(32)28-21(23(24,25)26)29-22(33)27-16-11-13-18(14-12-16)31-30-17-8-3-2-4-9-17/h2-14,21H,1H3,(H,28,32)(H2,27,29,33)/t21-/m1/s1. The molecule has 0 bridgehead atoms. The quantitative estimate of drug-likeness (QED) is 0.144. The number of amides is 1. The first-order chi connectivity index (χ1) is 15.7. The number of hydrogen-bond acceptors (Lipinski definition) is 4. The molecule has 0 saturated heterocycles. The monoisotopic (exact) mass is 519 g/mol. The van der Waals surface area contributed by atoms with Crippen LogP contribution in [0.1, 0.15) is 15.9 Å². The summed E-state index contributed by atoms with van der Waals surface area (Å²) in [6.45, 7) is 1.82. The minimum atomic E-state index is -1.86. The zero-order valence-electron chi connectivity index (χ0n) is 17.4. The smallest absolute Gasteiger partial charge is 0.253 e. The topological polar surface area (TPSA) is 77.9 Å². The minimum absolute atomic E-state index is 0.162. The summed E-state index contributed by atoms with van der Waals surface area (Å²) >= 11 is 23.5. The molecule has 3 rings (SSSR count). The van der Waals surface area contributed by atoms with Crippen molar-refractivity contribution >= 4 is 75.1 Å². The van der Waals surface area contributed by atoms with Gasteiger partial charge in [0, 0.05) is 11.3 Å². The molecule has 1 atom stereocenters. The van der Waals surface area contributed by atoms with Gasteiger partial charge in [-0.15, -0.1) is 0 Å². The number of rotatable bonds is 6. The average Bonchev–Trinajstić information content (AvgIpc) is 2.78. The fourth-order valence-electron chi connectivity index (χ4n) is 2.76. The van der Waals surface area contributed by atoms with E-state index in [0.29, 0.717) is 16.9 Å². The van der Waals surface area contributed by atoms with Gasteiger partial charge in [0.1, 0.15) is 6.17 Å². The highest BCUT2D eigenvalue weighted by Crippen LogP contribution is 2.29. The number of carbonyl (C=O) groups is 1. The third-order valence-corrected chi connectivity index (χ3v) is 5.30. The van der Waals surface area contributed by atoms with Crippen LogP contribution in [0.4, 0.5) is 17.1 Å². The summed E-state index contributed by atoms with van der Waals surface area (Å²) in [6.07, 6.45) is -1.08. The molecule has 1 amide bonds. The number of hydrogen-bond donors (Lipinski definition) is 3. The minimum Gasteiger partial charge on any atom is -0.339 e. The van der Waals surface area contributed by atoms with Crippen molar-refractivity contribution in [1.29, 1.82) is 0 Å². The van der Waals surface area contributed by atoms with Gasteiger partial charge in [0.05, 0.1) is 11.4 Å². The number of halogens is 3. The molecular formula is C23H20Cl3N5OS. The van der Waals surface area contributed by atoms with Crippen molar-refractivity contribution in [2.45, 2.75) is 16.9 Å². The second-order valence-corrected chi connectivity index (χ2v) is 9.72. The second kappa shape index (κ2) is 11.4. The molecule has 33 heavy (non-hydrogen) atoms. The van der Waals surface area contributed by atoms with Crippen LogP contribution in [-0.4, -0.2) is 21.0 Å². The van der Waals surface area contributed by atoms with Crippen LogP contribution < -0.4 is 16.0 Å². The van der Waals surface area contributed by atoms with E-state index in [-0.39, 0.29) is 5.11 Å². The fourth-order valence-corrected chi connectivity index (χ4v) is 3.32. The third-order valence-electron chi connectivity index (χ3n) is 4.43. The van der Waals surface area contributed by atoms with Crippen LogP contribution >= 0.6 is 47.0 Å². The molecule has 0 radical (unpaired) electrons. The molecule has 0 spiro atoms. The molecule has 0 aliphatic rings. The van der Waals surface area contributed by atoms with Gasteiger partial charge < -0.3 is 16.0 Å². The van der Waals surface area contributed by atoms with Crippen molar-refractivity contribution in [2.24, 2.45) is 10.2 Å². The first-order valence-corrected chi connectivity index (χ1v) is 11.3. The number of nitrogens with zero attached hydrogens (tertiary/aromatic N) is 2. The van der Waals surface area contributed by atoms with Gasteiger partial charge in [0.2, 0.25) is 3.79 Å². The molecule has 0 aromatic heterocycles. The summed E-state index contributed by atoms with van der Waals surface area (Å²) in [5, 5.41) is 17.0. The molecule has 0 aliphatic heterocycles. The van der Waals surface area contributed by atoms with Crippen LogP contribution in [0.3, 0.4) is 0 Å². The summed E-state index contributed by atoms with van der Waals surface area (Å²) < 4.78 is -1.86. The van der Waals surface area contributed by atoms with Crippen LogP contribution in [-0.2, 0) is 0 Å². The van der Waals surface area contributed by atoms with Crippen LogP contribution in [0.25, 0.3) is 0 Å². The lowest BCUT2D eigenvalue weighted by Crippen LogP contribution is -2.56. The third kappa shape index (κ3) is 7.68. The average molecular weight is 521 g/mol. The Morgan fingerprint density at radius 3 is 2.03 bits per heavy atom. The van der Waals surface area contributed by atoms with E-state index in [0.717, 1.165) is 11.3 Å². The van der Waals surface area contributed by atoms with Crippen molar-refractivity contribution in [3.05, 3.63) is 90.0 Å². The van der Waals surface area contributed by atoms with Crippen LogP contribution in [0.2, 0.25) is 0 Å². The number of azo groups is 1. The maximum atomic E-state index is 12.7. The normalized spacial score (nSPS) is 12.2. The Morgan fingerprint density at radius 2 is 1.42 bits per heavy atom. The lowest BCUT2D eigenvalue weighted by atomic mass is 10.1. The number of benzene rings is 3. The van der Waals surface area contributed by atoms with Crippen LogP contribution in [0, 0.1) is 6.92 Å². The highest BCUT2D eigenvalue weighted by Gasteiger charge is 2.35. The maximum absolute atomic E-state index is 12.7. The van der Waals surface area contributed by atoms with Crippen LogP contribution in [0.15, 0.2) is 89.1 Å². The molecule has 0 saturated carbocycles. The number of nitrogens with one attached hydrogen (secondary N) is 3. The Kier molecular flexibility index (Phi) is 8.63. The van der Waals surface area contributed by atoms with E-state index in [2.05, 4.69) is 26.2 Å². The van der Waals surface area contributed by atoms with Crippen molar-refractivity contribution in [2.75, 3.05) is 5.32 Å². The van der Waals surface area contributed by atoms with E-state index >= 15 is 0 Å². The Labute approximate surface area is 212 Å². The molecule has 3 N–H and O–H groups in total. The number of anilines is 1. The molecule has 0 aliphatic carbocycles. The predicted molar refractivity (Wildman–Crippen MR) is 139 cm³/mol. The van der Waals surface area contributed by atoms with Crippen molar-refractivity contribution in [3.63, 3.8) is 0 Å². The summed E-state index contributed by atoms with van der Waals surface area (Å²) in [5.41, 5.74) is 3.38. The molecular weight excluding hydrogens is 501 g/mol. The summed E-state index contributed by atoms with van der Waals surface area (Å²) in [4.78, 5) is 12.7. The Morgan fingerprint density at radius 1 is 0.848 bits per heavy atom. The molecule has 0 heterocycles. The first kappa shape index (κ1) is 24.9. The van der Waals surface area contributed by atoms with Gasteiger partial charge >= 0.3 is 0 Å². The Balaban J connectivity index is 1.61. The van der Waals surface area contributed by atoms with E-state index < -0.39 is 15.9 Å². The van der Waals surface area contributed by atoms with Gasteiger partial charge in [-0.2, -0.15) is 10.2 Å². The number of thiocarbonyl (C=S) groups is 1. The van der Waals surface area contributed by atoms with Crippen molar-refractivity contribution in [3.8, 4) is 0 Å². The lowest BCUT2D eigenvalue weighted by molar-refractivity contribution is 0.0934. The summed E-state index contributed by atoms with van der Waals surface area (Å²) in [7, 11) is 0. The molecule has 3 aromatic carbocycles. The molecule has 0 unspecified atom stereocenters. The van der Waals surface area contributed by atoms with Gasteiger partial charge in [-0.25, -0.2) is 0 Å². The molecule has 0 fully saturated rings. The van der Waals surface area contributed by atoms with Crippen LogP contribution in [0.5, 0.6) is 0 Å². The van der Waals surface area contributed by atoms with Crippen molar-refractivity contribution in [1.82, 2.24) is 10.6 Å². The number of aryl methyl sites for hydroxylation is 1. The van der Waals surface area contributed by atoms with E-state index in [9.17, 15) is 4.79 Å². The van der Waals surface area contributed by atoms with Gasteiger partial charge in [-0.05, 0) is 67.2 Å². The SMILES string of the molecule is Cc1ccccc1C(=O)N[C@H](NC(=S)Nc1ccc(N=Nc2ccccc2)cc1)C(Cl)(Cl)Cl. The molecule has 6 nitrogen and oxygen atoms in total. The van der Waals surface area contributed by atoms with Gasteiger partial charge in [-0.3, -0.25) is 4.79 Å². The lowest BCUT2D eigenvalue weighted by Gasteiger charge is -2.28. The van der Waals surface area contributed by atoms with Crippen molar-refractivity contribution < 1.29 is 4.79 Å². The maximum Gasteiger partial charge on any atom is 0.253 e. The highest BCUT2D eigenvalue weighted by atomic mass is 35.6. The van der Waals surface area contributed by atoms with Gasteiger partial charge in [0.25, 0.3) is 5.91 Å². The van der Waals surface area contributed by atoms with E-state index in [1.54, 1.807) is 36.4 Å². The predicted octanol–water partition coefficient (Wildman–Crippen LogP) is 6.82. The molecule has 170 valence electrons. The summed E-state index contributed by atoms with van der Waals surface area (Å²) in [6, 6.07) is 23.7. The highest BCUT2D eigenvalue weighted by molar-refractivity contribution is 7.80. The van der Waals surface area contributed by atoms with E-state index in [1.807, 2.05) is 49.4 Å². The number of carbonyl (C=O) groups excluding carboxylic acids is 1. The largest absolute Gasteiger partial charge is 0.339 e. The van der Waals surface area contributed by atoms with E-state index in [4.69, 9.17) is 47.0 Å².